The van der Waals surface area contributed by atoms with Crippen LogP contribution in [0.25, 0.3) is 0 Å². The number of piperazine rings is 1. The third-order valence-corrected chi connectivity index (χ3v) is 4.45. The molecule has 0 aliphatic carbocycles. The second-order valence-corrected chi connectivity index (χ2v) is 6.59. The predicted octanol–water partition coefficient (Wildman–Crippen LogP) is 1.61. The summed E-state index contributed by atoms with van der Waals surface area (Å²) in [5.41, 5.74) is 1.19. The van der Waals surface area contributed by atoms with Crippen LogP contribution in [0.4, 0.5) is 0 Å². The molecule has 2 atom stereocenters. The minimum Gasteiger partial charge on any atom is -0.493 e. The van der Waals surface area contributed by atoms with E-state index in [0.717, 1.165) is 26.2 Å². The number of ether oxygens (including phenoxy) is 3. The first kappa shape index (κ1) is 18.8. The van der Waals surface area contributed by atoms with E-state index in [2.05, 4.69) is 48.3 Å². The minimum atomic E-state index is 0.276. The van der Waals surface area contributed by atoms with Gasteiger partial charge in [-0.2, -0.15) is 0 Å². The third kappa shape index (κ3) is 4.32. The lowest BCUT2D eigenvalue weighted by atomic mass is 10.0. The highest BCUT2D eigenvalue weighted by Gasteiger charge is 2.27. The van der Waals surface area contributed by atoms with Crippen molar-refractivity contribution in [2.45, 2.75) is 19.0 Å². The second-order valence-electron chi connectivity index (χ2n) is 6.59. The van der Waals surface area contributed by atoms with Gasteiger partial charge in [-0.25, -0.2) is 0 Å². The van der Waals surface area contributed by atoms with Crippen LogP contribution in [0.15, 0.2) is 12.1 Å². The quantitative estimate of drug-likeness (QED) is 0.816. The molecule has 1 heterocycles. The number of hydrogen-bond acceptors (Lipinski definition) is 6. The summed E-state index contributed by atoms with van der Waals surface area (Å²) in [4.78, 5) is 4.75. The molecule has 0 aromatic heterocycles. The van der Waals surface area contributed by atoms with Crippen molar-refractivity contribution in [3.8, 4) is 17.2 Å². The van der Waals surface area contributed by atoms with Gasteiger partial charge in [-0.15, -0.1) is 0 Å². The van der Waals surface area contributed by atoms with Crippen LogP contribution in [-0.2, 0) is 0 Å². The molecule has 2 unspecified atom stereocenters. The monoisotopic (exact) mass is 337 g/mol. The van der Waals surface area contributed by atoms with Gasteiger partial charge in [0.15, 0.2) is 11.5 Å². The van der Waals surface area contributed by atoms with Gasteiger partial charge in [0, 0.05) is 38.3 Å². The van der Waals surface area contributed by atoms with E-state index in [9.17, 15) is 0 Å². The van der Waals surface area contributed by atoms with E-state index in [0.29, 0.717) is 23.3 Å². The molecule has 1 aromatic rings. The Hall–Kier alpha value is -1.50. The lowest BCUT2D eigenvalue weighted by Crippen LogP contribution is -2.51. The highest BCUT2D eigenvalue weighted by molar-refractivity contribution is 5.54. The maximum Gasteiger partial charge on any atom is 0.203 e. The number of nitrogens with one attached hydrogen (secondary N) is 1. The van der Waals surface area contributed by atoms with Gasteiger partial charge in [0.2, 0.25) is 5.75 Å². The maximum atomic E-state index is 5.53. The van der Waals surface area contributed by atoms with E-state index in [1.807, 2.05) is 0 Å². The molecule has 1 N–H and O–H groups in total. The first-order valence-electron chi connectivity index (χ1n) is 8.42. The van der Waals surface area contributed by atoms with Crippen LogP contribution in [0, 0.1) is 0 Å². The minimum absolute atomic E-state index is 0.276. The normalized spacial score (nSPS) is 20.0. The van der Waals surface area contributed by atoms with E-state index in [1.54, 1.807) is 21.3 Å². The second kappa shape index (κ2) is 8.55. The van der Waals surface area contributed by atoms with Crippen LogP contribution in [-0.4, -0.2) is 77.4 Å². The Morgan fingerprint density at radius 3 is 2.25 bits per heavy atom. The van der Waals surface area contributed by atoms with Crippen LogP contribution in [0.3, 0.4) is 0 Å². The number of hydrogen-bond donors (Lipinski definition) is 1. The Labute approximate surface area is 145 Å². The smallest absolute Gasteiger partial charge is 0.203 e. The Kier molecular flexibility index (Phi) is 6.71. The van der Waals surface area contributed by atoms with Crippen LogP contribution >= 0.6 is 0 Å². The molecule has 1 aliphatic heterocycles. The van der Waals surface area contributed by atoms with Gasteiger partial charge in [-0.3, -0.25) is 4.90 Å². The zero-order valence-electron chi connectivity index (χ0n) is 15.8. The van der Waals surface area contributed by atoms with Crippen molar-refractivity contribution in [2.24, 2.45) is 0 Å². The molecule has 2 rings (SSSR count). The lowest BCUT2D eigenvalue weighted by molar-refractivity contribution is 0.125. The van der Waals surface area contributed by atoms with Crippen molar-refractivity contribution in [2.75, 3.05) is 61.6 Å². The summed E-state index contributed by atoms with van der Waals surface area (Å²) in [6.07, 6.45) is 0. The highest BCUT2D eigenvalue weighted by Crippen LogP contribution is 2.40. The molecular formula is C18H31N3O3. The third-order valence-electron chi connectivity index (χ3n) is 4.45. The molecule has 1 fully saturated rings. The van der Waals surface area contributed by atoms with Crippen LogP contribution in [0.1, 0.15) is 18.5 Å². The van der Waals surface area contributed by atoms with E-state index in [-0.39, 0.29) is 6.04 Å². The van der Waals surface area contributed by atoms with Crippen molar-refractivity contribution >= 4 is 0 Å². The Balaban J connectivity index is 2.41. The number of rotatable bonds is 7. The first-order chi connectivity index (χ1) is 11.5. The number of methoxy groups -OCH3 is 3. The zero-order valence-corrected chi connectivity index (χ0v) is 15.8. The Bertz CT molecular complexity index is 511. The average Bonchev–Trinajstić information content (AvgIpc) is 2.58. The molecule has 136 valence electrons. The van der Waals surface area contributed by atoms with Crippen LogP contribution in [0.2, 0.25) is 0 Å². The summed E-state index contributed by atoms with van der Waals surface area (Å²) in [5, 5.41) is 3.51. The first-order valence-corrected chi connectivity index (χ1v) is 8.42. The van der Waals surface area contributed by atoms with E-state index < -0.39 is 0 Å². The van der Waals surface area contributed by atoms with E-state index in [4.69, 9.17) is 14.2 Å². The molecule has 0 amide bonds. The molecule has 0 bridgehead atoms. The Morgan fingerprint density at radius 1 is 1.17 bits per heavy atom. The highest BCUT2D eigenvalue weighted by atomic mass is 16.5. The molecule has 1 saturated heterocycles. The zero-order chi connectivity index (χ0) is 17.7. The molecule has 1 aromatic carbocycles. The topological polar surface area (TPSA) is 46.2 Å². The van der Waals surface area contributed by atoms with Crippen LogP contribution in [0.5, 0.6) is 17.2 Å². The van der Waals surface area contributed by atoms with E-state index in [1.165, 1.54) is 5.56 Å². The fourth-order valence-electron chi connectivity index (χ4n) is 3.32. The van der Waals surface area contributed by atoms with Gasteiger partial charge in [0.1, 0.15) is 0 Å². The summed E-state index contributed by atoms with van der Waals surface area (Å²) in [5.74, 6) is 2.05. The summed E-state index contributed by atoms with van der Waals surface area (Å²) < 4.78 is 16.5. The largest absolute Gasteiger partial charge is 0.493 e. The molecule has 0 saturated carbocycles. The summed E-state index contributed by atoms with van der Waals surface area (Å²) >= 11 is 0. The van der Waals surface area contributed by atoms with Crippen molar-refractivity contribution < 1.29 is 14.2 Å². The Morgan fingerprint density at radius 2 is 1.79 bits per heavy atom. The van der Waals surface area contributed by atoms with Gasteiger partial charge in [-0.1, -0.05) is 0 Å². The number of benzene rings is 1. The summed E-state index contributed by atoms with van der Waals surface area (Å²) in [7, 11) is 9.17. The van der Waals surface area contributed by atoms with Gasteiger partial charge in [0.05, 0.1) is 21.3 Å². The van der Waals surface area contributed by atoms with Gasteiger partial charge in [-0.05, 0) is 38.7 Å². The van der Waals surface area contributed by atoms with Crippen molar-refractivity contribution in [1.82, 2.24) is 15.1 Å². The number of nitrogens with zero attached hydrogens (tertiary/aromatic N) is 2. The van der Waals surface area contributed by atoms with Gasteiger partial charge < -0.3 is 24.4 Å². The van der Waals surface area contributed by atoms with Crippen LogP contribution < -0.4 is 19.5 Å². The predicted molar refractivity (Wildman–Crippen MR) is 96.4 cm³/mol. The van der Waals surface area contributed by atoms with Crippen molar-refractivity contribution in [3.05, 3.63) is 17.7 Å². The lowest BCUT2D eigenvalue weighted by Gasteiger charge is -2.39. The summed E-state index contributed by atoms with van der Waals surface area (Å²) in [6.45, 7) is 6.23. The molecule has 6 heteroatoms. The molecule has 1 aliphatic rings. The van der Waals surface area contributed by atoms with Crippen molar-refractivity contribution in [1.29, 1.82) is 0 Å². The maximum absolute atomic E-state index is 5.53. The number of likely N-dealkylation sites (N-methyl/N-ethyl adjacent to an activating group) is 1. The SMILES string of the molecule is COc1cc(C(CN(C)C)N2CCNC(C)C2)cc(OC)c1OC. The summed E-state index contributed by atoms with van der Waals surface area (Å²) in [6, 6.07) is 4.91. The molecule has 0 radical (unpaired) electrons. The molecular weight excluding hydrogens is 306 g/mol. The van der Waals surface area contributed by atoms with Gasteiger partial charge >= 0.3 is 0 Å². The van der Waals surface area contributed by atoms with E-state index >= 15 is 0 Å². The fraction of sp³-hybridized carbons (Fsp3) is 0.667. The molecule has 0 spiro atoms. The standard InChI is InChI=1S/C18H31N3O3/c1-13-11-21(8-7-19-13)15(12-20(2)3)14-9-16(22-4)18(24-6)17(10-14)23-5/h9-10,13,15,19H,7-8,11-12H2,1-6H3. The average molecular weight is 337 g/mol. The fourth-order valence-corrected chi connectivity index (χ4v) is 3.32. The molecule has 24 heavy (non-hydrogen) atoms. The molecule has 6 nitrogen and oxygen atoms in total. The van der Waals surface area contributed by atoms with Gasteiger partial charge in [0.25, 0.3) is 0 Å². The van der Waals surface area contributed by atoms with Crippen molar-refractivity contribution in [3.63, 3.8) is 0 Å².